The van der Waals surface area contributed by atoms with Gasteiger partial charge in [-0.2, -0.15) is 0 Å². The molecular weight excluding hydrogens is 348 g/mol. The topological polar surface area (TPSA) is 88.5 Å². The van der Waals surface area contributed by atoms with Crippen molar-refractivity contribution in [2.75, 3.05) is 6.26 Å². The molecule has 24 heavy (non-hydrogen) atoms. The Morgan fingerprint density at radius 1 is 1.04 bits per heavy atom. The molecule has 5 nitrogen and oxygen atoms in total. The van der Waals surface area contributed by atoms with Crippen LogP contribution in [-0.2, 0) is 19.4 Å². The zero-order chi connectivity index (χ0) is 17.9. The summed E-state index contributed by atoms with van der Waals surface area (Å²) in [4.78, 5) is 22.8. The van der Waals surface area contributed by atoms with Gasteiger partial charge in [0.2, 0.25) is 0 Å². The van der Waals surface area contributed by atoms with Gasteiger partial charge < -0.3 is 5.11 Å². The van der Waals surface area contributed by atoms with Crippen LogP contribution in [0.15, 0.2) is 53.4 Å². The molecule has 7 heteroatoms. The number of carbonyl (C=O) groups excluding carboxylic acids is 1. The summed E-state index contributed by atoms with van der Waals surface area (Å²) in [5.41, 5.74) is 1.58. The lowest BCUT2D eigenvalue weighted by atomic mass is 10.0. The van der Waals surface area contributed by atoms with Gasteiger partial charge in [0.15, 0.2) is 15.0 Å². The number of carboxylic acid groups (broad SMARTS) is 1. The lowest BCUT2D eigenvalue weighted by Gasteiger charge is -2.16. The molecule has 0 radical (unpaired) electrons. The highest BCUT2D eigenvalue weighted by Crippen LogP contribution is 2.36. The van der Waals surface area contributed by atoms with E-state index in [4.69, 9.17) is 0 Å². The Bertz CT molecular complexity index is 873. The smallest absolute Gasteiger partial charge is 0.321 e. The van der Waals surface area contributed by atoms with Crippen LogP contribution in [0, 0.1) is 0 Å². The summed E-state index contributed by atoms with van der Waals surface area (Å²) in [5, 5.41) is 7.72. The summed E-state index contributed by atoms with van der Waals surface area (Å²) in [6, 6.07) is 13.8. The number of thioether (sulfide) groups is 1. The summed E-state index contributed by atoms with van der Waals surface area (Å²) >= 11 is 0.590. The Kier molecular flexibility index (Phi) is 5.46. The molecule has 0 fully saturated rings. The van der Waals surface area contributed by atoms with Gasteiger partial charge in [-0.05, 0) is 22.8 Å². The second kappa shape index (κ2) is 7.19. The van der Waals surface area contributed by atoms with Gasteiger partial charge in [0.25, 0.3) is 0 Å². The first-order chi connectivity index (χ1) is 11.2. The van der Waals surface area contributed by atoms with Gasteiger partial charge >= 0.3 is 5.97 Å². The average molecular weight is 364 g/mol. The van der Waals surface area contributed by atoms with Gasteiger partial charge in [-0.25, -0.2) is 8.42 Å². The van der Waals surface area contributed by atoms with Crippen molar-refractivity contribution in [1.82, 2.24) is 0 Å². The lowest BCUT2D eigenvalue weighted by molar-refractivity contribution is -0.136. The minimum atomic E-state index is -3.67. The standard InChI is InChI=1S/C17H16O5S2/c1-11(18)23-16(17(19)20)14-9-8-13(10-15(14)24(2,21)22)12-6-4-3-5-7-12/h3-10,16H,1-2H3,(H,19,20). The molecule has 0 amide bonds. The quantitative estimate of drug-likeness (QED) is 0.877. The van der Waals surface area contributed by atoms with Crippen LogP contribution in [0.25, 0.3) is 11.1 Å². The molecule has 0 aliphatic heterocycles. The highest BCUT2D eigenvalue weighted by Gasteiger charge is 2.28. The van der Waals surface area contributed by atoms with Crippen LogP contribution in [0.5, 0.6) is 0 Å². The van der Waals surface area contributed by atoms with E-state index in [9.17, 15) is 23.1 Å². The molecule has 1 atom stereocenters. The Hall–Kier alpha value is -2.12. The second-order valence-electron chi connectivity index (χ2n) is 5.22. The highest BCUT2D eigenvalue weighted by molar-refractivity contribution is 8.14. The third kappa shape index (κ3) is 4.24. The van der Waals surface area contributed by atoms with E-state index < -0.39 is 26.2 Å². The molecule has 0 bridgehead atoms. The molecule has 0 aromatic heterocycles. The molecule has 0 heterocycles. The molecule has 0 spiro atoms. The predicted octanol–water partition coefficient (Wildman–Crippen LogP) is 3.16. The maximum Gasteiger partial charge on any atom is 0.321 e. The van der Waals surface area contributed by atoms with E-state index in [1.54, 1.807) is 6.07 Å². The van der Waals surface area contributed by atoms with Crippen molar-refractivity contribution in [2.24, 2.45) is 0 Å². The van der Waals surface area contributed by atoms with E-state index >= 15 is 0 Å². The van der Waals surface area contributed by atoms with Crippen LogP contribution in [0.3, 0.4) is 0 Å². The average Bonchev–Trinajstić information content (AvgIpc) is 2.52. The summed E-state index contributed by atoms with van der Waals surface area (Å²) < 4.78 is 24.3. The van der Waals surface area contributed by atoms with Crippen LogP contribution in [-0.4, -0.2) is 30.9 Å². The van der Waals surface area contributed by atoms with E-state index in [2.05, 4.69) is 0 Å². The number of aliphatic carboxylic acids is 1. The third-order valence-corrected chi connectivity index (χ3v) is 5.49. The summed E-state index contributed by atoms with van der Waals surface area (Å²) in [6.07, 6.45) is 1.03. The number of rotatable bonds is 5. The number of benzene rings is 2. The number of sulfone groups is 1. The van der Waals surface area contributed by atoms with Gasteiger partial charge in [0, 0.05) is 13.2 Å². The molecule has 1 N–H and O–H groups in total. The fourth-order valence-electron chi connectivity index (χ4n) is 2.30. The Morgan fingerprint density at radius 3 is 2.17 bits per heavy atom. The Balaban J connectivity index is 2.64. The van der Waals surface area contributed by atoms with Crippen molar-refractivity contribution < 1.29 is 23.1 Å². The fourth-order valence-corrected chi connectivity index (χ4v) is 4.09. The van der Waals surface area contributed by atoms with Crippen molar-refractivity contribution in [2.45, 2.75) is 17.1 Å². The largest absolute Gasteiger partial charge is 0.480 e. The summed E-state index contributed by atoms with van der Waals surface area (Å²) in [6.45, 7) is 1.25. The zero-order valence-corrected chi connectivity index (χ0v) is 14.7. The maximum absolute atomic E-state index is 12.2. The Labute approximate surface area is 144 Å². The highest BCUT2D eigenvalue weighted by atomic mass is 32.2. The van der Waals surface area contributed by atoms with E-state index in [1.165, 1.54) is 19.1 Å². The van der Waals surface area contributed by atoms with Crippen LogP contribution in [0.4, 0.5) is 0 Å². The molecular formula is C17H16O5S2. The van der Waals surface area contributed by atoms with Crippen molar-refractivity contribution in [3.8, 4) is 11.1 Å². The molecule has 2 aromatic carbocycles. The van der Waals surface area contributed by atoms with Gasteiger partial charge in [0.05, 0.1) is 4.90 Å². The van der Waals surface area contributed by atoms with E-state index in [0.717, 1.165) is 11.8 Å². The van der Waals surface area contributed by atoms with Crippen LogP contribution in [0.2, 0.25) is 0 Å². The molecule has 0 aliphatic carbocycles. The van der Waals surface area contributed by atoms with Crippen molar-refractivity contribution in [1.29, 1.82) is 0 Å². The molecule has 0 saturated heterocycles. The van der Waals surface area contributed by atoms with Crippen LogP contribution < -0.4 is 0 Å². The van der Waals surface area contributed by atoms with Gasteiger partial charge in [0.1, 0.15) is 5.25 Å². The molecule has 2 aromatic rings. The number of hydrogen-bond acceptors (Lipinski definition) is 5. The van der Waals surface area contributed by atoms with Gasteiger partial charge in [-0.3, -0.25) is 9.59 Å². The molecule has 1 unspecified atom stereocenters. The minimum absolute atomic E-state index is 0.0787. The molecule has 0 saturated carbocycles. The molecule has 0 aliphatic rings. The van der Waals surface area contributed by atoms with Gasteiger partial charge in [-0.1, -0.05) is 54.2 Å². The van der Waals surface area contributed by atoms with E-state index in [-0.39, 0.29) is 10.5 Å². The van der Waals surface area contributed by atoms with E-state index in [1.807, 2.05) is 30.3 Å². The first-order valence-corrected chi connectivity index (χ1v) is 9.76. The maximum atomic E-state index is 12.2. The monoisotopic (exact) mass is 364 g/mol. The number of carbonyl (C=O) groups is 2. The fraction of sp³-hybridized carbons (Fsp3) is 0.176. The molecule has 2 rings (SSSR count). The van der Waals surface area contributed by atoms with Crippen molar-refractivity contribution in [3.05, 3.63) is 54.1 Å². The second-order valence-corrected chi connectivity index (χ2v) is 8.48. The first-order valence-electron chi connectivity index (χ1n) is 6.99. The summed E-state index contributed by atoms with van der Waals surface area (Å²) in [5.74, 6) is -1.26. The first kappa shape index (κ1) is 18.2. The zero-order valence-electron chi connectivity index (χ0n) is 13.1. The SMILES string of the molecule is CC(=O)SC(C(=O)O)c1ccc(-c2ccccc2)cc1S(C)(=O)=O. The lowest BCUT2D eigenvalue weighted by Crippen LogP contribution is -2.14. The Morgan fingerprint density at radius 2 is 1.67 bits per heavy atom. The van der Waals surface area contributed by atoms with Gasteiger partial charge in [-0.15, -0.1) is 0 Å². The minimum Gasteiger partial charge on any atom is -0.480 e. The number of carboxylic acids is 1. The normalized spacial score (nSPS) is 12.6. The van der Waals surface area contributed by atoms with E-state index in [0.29, 0.717) is 17.3 Å². The predicted molar refractivity (Wildman–Crippen MR) is 93.6 cm³/mol. The summed E-state index contributed by atoms with van der Waals surface area (Å²) in [7, 11) is -3.67. The van der Waals surface area contributed by atoms with Crippen molar-refractivity contribution in [3.63, 3.8) is 0 Å². The number of hydrogen-bond donors (Lipinski definition) is 1. The third-order valence-electron chi connectivity index (χ3n) is 3.31. The van der Waals surface area contributed by atoms with Crippen molar-refractivity contribution >= 4 is 32.7 Å². The van der Waals surface area contributed by atoms with Crippen LogP contribution in [0.1, 0.15) is 17.7 Å². The molecule has 126 valence electrons. The van der Waals surface area contributed by atoms with Crippen LogP contribution >= 0.6 is 11.8 Å².